The fraction of sp³-hybridized carbons (Fsp3) is 0.316. The van der Waals surface area contributed by atoms with Gasteiger partial charge in [-0.05, 0) is 49.1 Å². The first-order valence-electron chi connectivity index (χ1n) is 8.70. The van der Waals surface area contributed by atoms with E-state index >= 15 is 0 Å². The Hall–Kier alpha value is -2.47. The van der Waals surface area contributed by atoms with Gasteiger partial charge in [-0.25, -0.2) is 9.69 Å². The van der Waals surface area contributed by atoms with Gasteiger partial charge in [-0.2, -0.15) is 9.76 Å². The van der Waals surface area contributed by atoms with Gasteiger partial charge in [0.15, 0.2) is 11.1 Å². The highest BCUT2D eigenvalue weighted by atomic mass is 32.2. The van der Waals surface area contributed by atoms with Gasteiger partial charge >= 0.3 is 6.36 Å². The molecule has 0 aliphatic rings. The number of benzene rings is 2. The molecule has 11 heteroatoms. The number of rotatable bonds is 9. The summed E-state index contributed by atoms with van der Waals surface area (Å²) < 4.78 is 55.9. The third kappa shape index (κ3) is 7.10. The Morgan fingerprint density at radius 2 is 1.50 bits per heavy atom. The fourth-order valence-corrected chi connectivity index (χ4v) is 2.87. The van der Waals surface area contributed by atoms with Crippen molar-refractivity contribution in [2.45, 2.75) is 37.9 Å². The molecule has 0 spiro atoms. The number of ether oxygens (including phenoxy) is 1. The van der Waals surface area contributed by atoms with E-state index in [1.165, 1.54) is 31.5 Å². The van der Waals surface area contributed by atoms with Gasteiger partial charge in [-0.3, -0.25) is 10.0 Å². The van der Waals surface area contributed by atoms with Gasteiger partial charge in [0, 0.05) is 6.54 Å². The molecule has 0 aromatic heterocycles. The third-order valence-corrected chi connectivity index (χ3v) is 5.35. The molecule has 1 unspecified atom stereocenters. The molecular weight excluding hydrogens is 425 g/mol. The van der Waals surface area contributed by atoms with Crippen LogP contribution in [-0.4, -0.2) is 26.4 Å². The highest BCUT2D eigenvalue weighted by Gasteiger charge is 2.36. The molecule has 0 aliphatic heterocycles. The van der Waals surface area contributed by atoms with Gasteiger partial charge in [-0.15, -0.1) is 13.2 Å². The molecule has 0 aliphatic carbocycles. The van der Waals surface area contributed by atoms with Crippen molar-refractivity contribution in [2.24, 2.45) is 0 Å². The van der Waals surface area contributed by atoms with Crippen LogP contribution in [0.3, 0.4) is 0 Å². The summed E-state index contributed by atoms with van der Waals surface area (Å²) in [4.78, 5) is 11.5. The second-order valence-corrected chi connectivity index (χ2v) is 8.43. The number of alkyl halides is 3. The second-order valence-electron chi connectivity index (χ2n) is 6.78. The molecular formula is C19H21F3N2O5S. The van der Waals surface area contributed by atoms with Crippen molar-refractivity contribution in [1.29, 1.82) is 0 Å². The molecule has 0 saturated carbocycles. The first-order valence-corrected chi connectivity index (χ1v) is 9.78. The number of nitrogens with one attached hydrogen (secondary N) is 2. The second kappa shape index (κ2) is 10.0. The highest BCUT2D eigenvalue weighted by molar-refractivity contribution is 7.82. The van der Waals surface area contributed by atoms with E-state index in [9.17, 15) is 22.2 Å². The highest BCUT2D eigenvalue weighted by Crippen LogP contribution is 2.23. The van der Waals surface area contributed by atoms with Crippen molar-refractivity contribution in [3.8, 4) is 5.75 Å². The fourth-order valence-electron chi connectivity index (χ4n) is 2.30. The summed E-state index contributed by atoms with van der Waals surface area (Å²) >= 11 is -2.04. The third-order valence-electron chi connectivity index (χ3n) is 4.06. The van der Waals surface area contributed by atoms with Crippen molar-refractivity contribution >= 4 is 17.0 Å². The van der Waals surface area contributed by atoms with E-state index in [1.807, 2.05) is 12.1 Å². The lowest BCUT2D eigenvalue weighted by Gasteiger charge is -2.19. The standard InChI is InChI=1S/C19H21F3N2O5S/c1-18(2,17(25)24-26)30(27)29-23-12-15-5-3-13(4-6-15)11-14-7-9-16(10-8-14)28-19(20,21)22/h3-10,23,26H,11-12H2,1-2H3,(H,24,25). The first-order chi connectivity index (χ1) is 14.0. The molecule has 164 valence electrons. The summed E-state index contributed by atoms with van der Waals surface area (Å²) in [5.74, 6) is -1.12. The molecule has 0 bridgehead atoms. The number of halogens is 3. The molecule has 2 aromatic carbocycles. The zero-order valence-electron chi connectivity index (χ0n) is 16.2. The molecule has 2 aromatic rings. The zero-order chi connectivity index (χ0) is 22.4. The number of hydroxylamine groups is 2. The minimum absolute atomic E-state index is 0.215. The quantitative estimate of drug-likeness (QED) is 0.405. The van der Waals surface area contributed by atoms with Crippen LogP contribution in [0.25, 0.3) is 0 Å². The number of hydrogen-bond acceptors (Lipinski definition) is 6. The van der Waals surface area contributed by atoms with Crippen molar-refractivity contribution < 1.29 is 36.4 Å². The molecule has 2 rings (SSSR count). The van der Waals surface area contributed by atoms with Crippen LogP contribution in [0, 0.1) is 0 Å². The van der Waals surface area contributed by atoms with E-state index in [-0.39, 0.29) is 12.3 Å². The minimum Gasteiger partial charge on any atom is -0.406 e. The molecule has 1 atom stereocenters. The van der Waals surface area contributed by atoms with E-state index < -0.39 is 28.1 Å². The van der Waals surface area contributed by atoms with Crippen molar-refractivity contribution in [2.75, 3.05) is 0 Å². The monoisotopic (exact) mass is 446 g/mol. The predicted molar refractivity (Wildman–Crippen MR) is 102 cm³/mol. The topological polar surface area (TPSA) is 96.9 Å². The maximum Gasteiger partial charge on any atom is 0.573 e. The van der Waals surface area contributed by atoms with Crippen LogP contribution < -0.4 is 15.7 Å². The van der Waals surface area contributed by atoms with Crippen molar-refractivity contribution in [1.82, 2.24) is 11.0 Å². The Morgan fingerprint density at radius 1 is 1.00 bits per heavy atom. The van der Waals surface area contributed by atoms with E-state index in [4.69, 9.17) is 9.49 Å². The van der Waals surface area contributed by atoms with Crippen molar-refractivity contribution in [3.63, 3.8) is 0 Å². The Labute approximate surface area is 173 Å². The largest absolute Gasteiger partial charge is 0.573 e. The van der Waals surface area contributed by atoms with Gasteiger partial charge in [-0.1, -0.05) is 36.4 Å². The lowest BCUT2D eigenvalue weighted by atomic mass is 10.0. The summed E-state index contributed by atoms with van der Waals surface area (Å²) in [7, 11) is 0. The molecule has 0 heterocycles. The normalized spacial score (nSPS) is 13.0. The van der Waals surface area contributed by atoms with Crippen LogP contribution in [0.4, 0.5) is 13.2 Å². The maximum atomic E-state index is 12.2. The Morgan fingerprint density at radius 3 is 2.00 bits per heavy atom. The Balaban J connectivity index is 1.85. The molecule has 3 N–H and O–H groups in total. The van der Waals surface area contributed by atoms with Crippen LogP contribution in [-0.2, 0) is 33.1 Å². The zero-order valence-corrected chi connectivity index (χ0v) is 17.0. The molecule has 0 saturated heterocycles. The minimum atomic E-state index is -4.72. The van der Waals surface area contributed by atoms with Gasteiger partial charge in [0.05, 0.1) is 0 Å². The molecule has 0 radical (unpaired) electrons. The smallest absolute Gasteiger partial charge is 0.406 e. The average molecular weight is 446 g/mol. The number of hydrogen-bond donors (Lipinski definition) is 3. The van der Waals surface area contributed by atoms with Crippen molar-refractivity contribution in [3.05, 3.63) is 65.2 Å². The summed E-state index contributed by atoms with van der Waals surface area (Å²) in [6.07, 6.45) is -4.20. The summed E-state index contributed by atoms with van der Waals surface area (Å²) in [6, 6.07) is 12.9. The molecule has 7 nitrogen and oxygen atoms in total. The van der Waals surface area contributed by atoms with Gasteiger partial charge < -0.3 is 4.74 Å². The number of carbonyl (C=O) groups excluding carboxylic acids is 1. The van der Waals surface area contributed by atoms with Crippen LogP contribution in [0.15, 0.2) is 48.5 Å². The summed E-state index contributed by atoms with van der Waals surface area (Å²) in [6.45, 7) is 2.92. The van der Waals surface area contributed by atoms with Crippen LogP contribution in [0.5, 0.6) is 5.75 Å². The summed E-state index contributed by atoms with van der Waals surface area (Å²) in [5.41, 5.74) is 6.52. The van der Waals surface area contributed by atoms with Crippen LogP contribution in [0.2, 0.25) is 0 Å². The maximum absolute atomic E-state index is 12.2. The first kappa shape index (κ1) is 23.8. The molecule has 0 fully saturated rings. The van der Waals surface area contributed by atoms with Gasteiger partial charge in [0.1, 0.15) is 10.5 Å². The lowest BCUT2D eigenvalue weighted by Crippen LogP contribution is -2.45. The number of amides is 1. The van der Waals surface area contributed by atoms with E-state index in [0.717, 1.165) is 16.7 Å². The Kier molecular flexibility index (Phi) is 7.96. The lowest BCUT2D eigenvalue weighted by molar-refractivity contribution is -0.274. The van der Waals surface area contributed by atoms with E-state index in [0.29, 0.717) is 6.42 Å². The number of carbonyl (C=O) groups is 1. The SMILES string of the molecule is CC(C)(C(=O)NO)S(=O)ONCc1ccc(Cc2ccc(OC(F)(F)F)cc2)cc1. The van der Waals surface area contributed by atoms with Crippen LogP contribution in [0.1, 0.15) is 30.5 Å². The van der Waals surface area contributed by atoms with Gasteiger partial charge in [0.2, 0.25) is 0 Å². The van der Waals surface area contributed by atoms with E-state index in [2.05, 4.69) is 10.2 Å². The predicted octanol–water partition coefficient (Wildman–Crippen LogP) is 3.14. The van der Waals surface area contributed by atoms with Crippen LogP contribution >= 0.6 is 0 Å². The van der Waals surface area contributed by atoms with E-state index in [1.54, 1.807) is 24.3 Å². The average Bonchev–Trinajstić information content (AvgIpc) is 2.68. The molecule has 1 amide bonds. The molecule has 30 heavy (non-hydrogen) atoms. The Bertz CT molecular complexity index is 871. The summed E-state index contributed by atoms with van der Waals surface area (Å²) in [5, 5.41) is 8.65. The van der Waals surface area contributed by atoms with Gasteiger partial charge in [0.25, 0.3) is 5.91 Å².